The predicted octanol–water partition coefficient (Wildman–Crippen LogP) is 3.39. The maximum Gasteiger partial charge on any atom is 0.0713 e. The number of hydrogen-bond acceptors (Lipinski definition) is 2. The minimum atomic E-state index is 0.0488. The molecule has 0 radical (unpaired) electrons. The van der Waals surface area contributed by atoms with Gasteiger partial charge in [0, 0.05) is 10.9 Å². The van der Waals surface area contributed by atoms with Crippen molar-refractivity contribution in [2.45, 2.75) is 6.61 Å². The van der Waals surface area contributed by atoms with E-state index in [0.717, 1.165) is 27.7 Å². The Morgan fingerprint density at radius 1 is 0.889 bits per heavy atom. The first-order valence-electron chi connectivity index (χ1n) is 5.93. The van der Waals surface area contributed by atoms with Crippen LogP contribution in [0.3, 0.4) is 0 Å². The van der Waals surface area contributed by atoms with E-state index in [-0.39, 0.29) is 6.61 Å². The van der Waals surface area contributed by atoms with Crippen LogP contribution in [0.2, 0.25) is 0 Å². The normalized spacial score (nSPS) is 10.7. The molecule has 1 heterocycles. The maximum absolute atomic E-state index is 9.16. The molecule has 18 heavy (non-hydrogen) atoms. The van der Waals surface area contributed by atoms with Crippen LogP contribution in [0.4, 0.5) is 0 Å². The molecule has 1 N–H and O–H groups in total. The fourth-order valence-corrected chi connectivity index (χ4v) is 2.03. The summed E-state index contributed by atoms with van der Waals surface area (Å²) in [5.41, 5.74) is 3.87. The van der Waals surface area contributed by atoms with Crippen molar-refractivity contribution in [1.82, 2.24) is 4.98 Å². The summed E-state index contributed by atoms with van der Waals surface area (Å²) in [5.74, 6) is 0. The molecule has 0 saturated carbocycles. The van der Waals surface area contributed by atoms with E-state index in [1.807, 2.05) is 54.6 Å². The molecule has 0 aliphatic rings. The second kappa shape index (κ2) is 4.59. The average molecular weight is 235 g/mol. The maximum atomic E-state index is 9.16. The molecule has 3 aromatic rings. The summed E-state index contributed by atoms with van der Waals surface area (Å²) in [6, 6.07) is 20.0. The first-order chi connectivity index (χ1) is 8.86. The number of benzene rings is 2. The van der Waals surface area contributed by atoms with Crippen LogP contribution < -0.4 is 0 Å². The van der Waals surface area contributed by atoms with Gasteiger partial charge in [0.2, 0.25) is 0 Å². The van der Waals surface area contributed by atoms with E-state index in [1.165, 1.54) is 0 Å². The van der Waals surface area contributed by atoms with Gasteiger partial charge in [0.05, 0.1) is 17.8 Å². The summed E-state index contributed by atoms with van der Waals surface area (Å²) in [6.07, 6.45) is 0. The number of aliphatic hydroxyl groups is 1. The Labute approximate surface area is 106 Å². The largest absolute Gasteiger partial charge is 0.392 e. The third-order valence-corrected chi connectivity index (χ3v) is 3.01. The molecule has 0 aliphatic carbocycles. The van der Waals surface area contributed by atoms with Gasteiger partial charge in [-0.2, -0.15) is 0 Å². The van der Waals surface area contributed by atoms with Crippen LogP contribution in [0.5, 0.6) is 0 Å². The zero-order chi connectivity index (χ0) is 12.4. The third kappa shape index (κ3) is 1.98. The lowest BCUT2D eigenvalue weighted by Gasteiger charge is -2.04. The Morgan fingerprint density at radius 3 is 2.44 bits per heavy atom. The minimum absolute atomic E-state index is 0.0488. The number of fused-ring (bicyclic) bond motifs is 1. The predicted molar refractivity (Wildman–Crippen MR) is 73.1 cm³/mol. The highest BCUT2D eigenvalue weighted by atomic mass is 16.3. The number of aromatic nitrogens is 1. The molecule has 0 unspecified atom stereocenters. The van der Waals surface area contributed by atoms with Crippen LogP contribution in [0.15, 0.2) is 60.7 Å². The van der Waals surface area contributed by atoms with E-state index in [0.29, 0.717) is 0 Å². The molecule has 0 spiro atoms. The second-order valence-electron chi connectivity index (χ2n) is 4.25. The average Bonchev–Trinajstić information content (AvgIpc) is 2.47. The van der Waals surface area contributed by atoms with Gasteiger partial charge >= 0.3 is 0 Å². The number of hydrogen-bond donors (Lipinski definition) is 1. The quantitative estimate of drug-likeness (QED) is 0.738. The molecular formula is C16H13NO. The monoisotopic (exact) mass is 235 g/mol. The molecular weight excluding hydrogens is 222 g/mol. The lowest BCUT2D eigenvalue weighted by Crippen LogP contribution is -1.88. The lowest BCUT2D eigenvalue weighted by molar-refractivity contribution is 0.282. The zero-order valence-electron chi connectivity index (χ0n) is 9.88. The smallest absolute Gasteiger partial charge is 0.0713 e. The molecule has 0 fully saturated rings. The van der Waals surface area contributed by atoms with Crippen molar-refractivity contribution in [2.75, 3.05) is 0 Å². The van der Waals surface area contributed by atoms with Crippen LogP contribution in [0.25, 0.3) is 22.2 Å². The minimum Gasteiger partial charge on any atom is -0.392 e. The summed E-state index contributed by atoms with van der Waals surface area (Å²) in [5, 5.41) is 10.2. The summed E-state index contributed by atoms with van der Waals surface area (Å²) in [7, 11) is 0. The van der Waals surface area contributed by atoms with Gasteiger partial charge in [0.15, 0.2) is 0 Å². The molecule has 0 bridgehead atoms. The Kier molecular flexibility index (Phi) is 2.79. The Morgan fingerprint density at radius 2 is 1.67 bits per heavy atom. The summed E-state index contributed by atoms with van der Waals surface area (Å²) in [4.78, 5) is 4.64. The van der Waals surface area contributed by atoms with Crippen molar-refractivity contribution in [3.8, 4) is 11.3 Å². The van der Waals surface area contributed by atoms with Gasteiger partial charge < -0.3 is 5.11 Å². The topological polar surface area (TPSA) is 33.1 Å². The lowest BCUT2D eigenvalue weighted by atomic mass is 10.1. The van der Waals surface area contributed by atoms with Crippen LogP contribution >= 0.6 is 0 Å². The summed E-state index contributed by atoms with van der Waals surface area (Å²) >= 11 is 0. The highest BCUT2D eigenvalue weighted by Gasteiger charge is 2.01. The van der Waals surface area contributed by atoms with Gasteiger partial charge in [-0.15, -0.1) is 0 Å². The summed E-state index contributed by atoms with van der Waals surface area (Å²) in [6.45, 7) is 0.0488. The van der Waals surface area contributed by atoms with Crippen molar-refractivity contribution < 1.29 is 5.11 Å². The first-order valence-corrected chi connectivity index (χ1v) is 5.93. The van der Waals surface area contributed by atoms with Gasteiger partial charge in [-0.3, -0.25) is 0 Å². The van der Waals surface area contributed by atoms with Crippen LogP contribution in [-0.4, -0.2) is 10.1 Å². The standard InChI is InChI=1S/C16H13NO/c18-11-12-6-7-14-8-9-15(17-16(14)10-12)13-4-2-1-3-5-13/h1-10,18H,11H2. The van der Waals surface area contributed by atoms with Crippen molar-refractivity contribution in [3.63, 3.8) is 0 Å². The molecule has 2 nitrogen and oxygen atoms in total. The van der Waals surface area contributed by atoms with E-state index in [9.17, 15) is 0 Å². The van der Waals surface area contributed by atoms with Crippen molar-refractivity contribution >= 4 is 10.9 Å². The molecule has 3 rings (SSSR count). The summed E-state index contributed by atoms with van der Waals surface area (Å²) < 4.78 is 0. The molecule has 0 atom stereocenters. The molecule has 0 saturated heterocycles. The van der Waals surface area contributed by atoms with E-state index in [2.05, 4.69) is 11.1 Å². The fraction of sp³-hybridized carbons (Fsp3) is 0.0625. The van der Waals surface area contributed by atoms with E-state index in [1.54, 1.807) is 0 Å². The van der Waals surface area contributed by atoms with Crippen molar-refractivity contribution in [1.29, 1.82) is 0 Å². The SMILES string of the molecule is OCc1ccc2ccc(-c3ccccc3)nc2c1. The molecule has 1 aromatic heterocycles. The molecule has 2 aromatic carbocycles. The number of rotatable bonds is 2. The van der Waals surface area contributed by atoms with E-state index in [4.69, 9.17) is 5.11 Å². The molecule has 88 valence electrons. The van der Waals surface area contributed by atoms with Gasteiger partial charge in [-0.05, 0) is 17.7 Å². The van der Waals surface area contributed by atoms with Gasteiger partial charge in [0.1, 0.15) is 0 Å². The van der Waals surface area contributed by atoms with Crippen molar-refractivity contribution in [3.05, 3.63) is 66.2 Å². The highest BCUT2D eigenvalue weighted by Crippen LogP contribution is 2.21. The molecule has 0 aliphatic heterocycles. The number of nitrogens with zero attached hydrogens (tertiary/aromatic N) is 1. The second-order valence-corrected chi connectivity index (χ2v) is 4.25. The Hall–Kier alpha value is -2.19. The van der Waals surface area contributed by atoms with Crippen molar-refractivity contribution in [2.24, 2.45) is 0 Å². The zero-order valence-corrected chi connectivity index (χ0v) is 9.88. The molecule has 0 amide bonds. The third-order valence-electron chi connectivity index (χ3n) is 3.01. The van der Waals surface area contributed by atoms with E-state index >= 15 is 0 Å². The van der Waals surface area contributed by atoms with Crippen LogP contribution in [0, 0.1) is 0 Å². The molecule has 2 heteroatoms. The Balaban J connectivity index is 2.15. The first kappa shape index (κ1) is 10.9. The van der Waals surface area contributed by atoms with Crippen LogP contribution in [-0.2, 0) is 6.61 Å². The highest BCUT2D eigenvalue weighted by molar-refractivity contribution is 5.82. The van der Waals surface area contributed by atoms with Gasteiger partial charge in [0.25, 0.3) is 0 Å². The number of pyridine rings is 1. The van der Waals surface area contributed by atoms with E-state index < -0.39 is 0 Å². The van der Waals surface area contributed by atoms with Crippen LogP contribution in [0.1, 0.15) is 5.56 Å². The van der Waals surface area contributed by atoms with Gasteiger partial charge in [-0.1, -0.05) is 48.5 Å². The Bertz CT molecular complexity index is 677. The van der Waals surface area contributed by atoms with Gasteiger partial charge in [-0.25, -0.2) is 4.98 Å². The fourth-order valence-electron chi connectivity index (χ4n) is 2.03. The number of aliphatic hydroxyl groups excluding tert-OH is 1.